The maximum Gasteiger partial charge on any atom is 0.0753 e. The summed E-state index contributed by atoms with van der Waals surface area (Å²) in [5.74, 6) is 0. The van der Waals surface area contributed by atoms with Crippen molar-refractivity contribution in [3.05, 3.63) is 144 Å². The second-order valence-corrected chi connectivity index (χ2v) is 10.6. The zero-order valence-electron chi connectivity index (χ0n) is 17.4. The van der Waals surface area contributed by atoms with Gasteiger partial charge in [0, 0.05) is 11.8 Å². The highest BCUT2D eigenvalue weighted by molar-refractivity contribution is 7.80. The molecule has 2 heterocycles. The van der Waals surface area contributed by atoms with Crippen LogP contribution in [-0.4, -0.2) is 4.98 Å². The summed E-state index contributed by atoms with van der Waals surface area (Å²) in [5, 5.41) is 4.28. The third-order valence-electron chi connectivity index (χ3n) is 6.91. The van der Waals surface area contributed by atoms with Gasteiger partial charge < -0.3 is 0 Å². The second-order valence-electron chi connectivity index (χ2n) is 8.40. The Morgan fingerprint density at radius 3 is 1.78 bits per heavy atom. The van der Waals surface area contributed by atoms with Gasteiger partial charge in [-0.1, -0.05) is 109 Å². The molecule has 0 saturated heterocycles. The molecule has 4 aromatic carbocycles. The van der Waals surface area contributed by atoms with E-state index in [0.29, 0.717) is 0 Å². The fourth-order valence-electron chi connectivity index (χ4n) is 5.77. The Hall–Kier alpha value is -3.54. The monoisotopic (exact) mass is 425 g/mol. The summed E-state index contributed by atoms with van der Waals surface area (Å²) >= 11 is 0. The summed E-state index contributed by atoms with van der Waals surface area (Å²) in [6, 6.07) is 42.4. The Kier molecular flexibility index (Phi) is 3.80. The molecule has 0 saturated carbocycles. The average molecular weight is 425 g/mol. The van der Waals surface area contributed by atoms with Crippen molar-refractivity contribution >= 4 is 23.8 Å². The zero-order chi connectivity index (χ0) is 21.1. The molecule has 0 radical (unpaired) electrons. The molecule has 1 aliphatic carbocycles. The standard InChI is InChI=1S/C30H20NP/c1-2-11-21(12-3-1)32-27-18-8-6-15-24(27)30(25-16-7-9-19-28(25)32)23-14-5-4-13-22(23)29-26(30)17-10-20-31-29/h1-20H. The first-order valence-corrected chi connectivity index (χ1v) is 12.3. The van der Waals surface area contributed by atoms with Crippen molar-refractivity contribution in [3.63, 3.8) is 0 Å². The van der Waals surface area contributed by atoms with Crippen LogP contribution in [0.4, 0.5) is 0 Å². The number of nitrogens with zero attached hydrogens (tertiary/aromatic N) is 1. The number of pyridine rings is 1. The van der Waals surface area contributed by atoms with Crippen LogP contribution in [0.15, 0.2) is 121 Å². The molecule has 1 aliphatic heterocycles. The van der Waals surface area contributed by atoms with Gasteiger partial charge in [-0.25, -0.2) is 0 Å². The summed E-state index contributed by atoms with van der Waals surface area (Å²) in [6.45, 7) is 0. The number of aromatic nitrogens is 1. The summed E-state index contributed by atoms with van der Waals surface area (Å²) in [6.07, 6.45) is 1.92. The maximum atomic E-state index is 4.88. The van der Waals surface area contributed by atoms with Crippen molar-refractivity contribution in [2.24, 2.45) is 0 Å². The maximum absolute atomic E-state index is 4.88. The van der Waals surface area contributed by atoms with Crippen molar-refractivity contribution in [1.29, 1.82) is 0 Å². The van der Waals surface area contributed by atoms with Gasteiger partial charge in [-0.2, -0.15) is 0 Å². The quantitative estimate of drug-likeness (QED) is 0.316. The van der Waals surface area contributed by atoms with Crippen LogP contribution < -0.4 is 15.9 Å². The molecular weight excluding hydrogens is 405 g/mol. The van der Waals surface area contributed by atoms with Gasteiger partial charge >= 0.3 is 0 Å². The van der Waals surface area contributed by atoms with Crippen LogP contribution in [0.2, 0.25) is 0 Å². The molecule has 5 aromatic rings. The fourth-order valence-corrected chi connectivity index (χ4v) is 8.49. The van der Waals surface area contributed by atoms with Crippen LogP contribution in [0.1, 0.15) is 22.3 Å². The lowest BCUT2D eigenvalue weighted by Crippen LogP contribution is -2.44. The van der Waals surface area contributed by atoms with Gasteiger partial charge in [0.1, 0.15) is 0 Å². The minimum atomic E-state index is -0.640. The van der Waals surface area contributed by atoms with E-state index in [2.05, 4.69) is 115 Å². The van der Waals surface area contributed by atoms with Crippen LogP contribution >= 0.6 is 7.92 Å². The van der Waals surface area contributed by atoms with Gasteiger partial charge in [0.15, 0.2) is 0 Å². The van der Waals surface area contributed by atoms with Crippen LogP contribution in [0.5, 0.6) is 0 Å². The van der Waals surface area contributed by atoms with Gasteiger partial charge in [0.05, 0.1) is 11.1 Å². The van der Waals surface area contributed by atoms with E-state index in [1.807, 2.05) is 6.20 Å². The number of benzene rings is 4. The van der Waals surface area contributed by atoms with Gasteiger partial charge in [-0.3, -0.25) is 4.98 Å². The number of hydrogen-bond acceptors (Lipinski definition) is 1. The summed E-state index contributed by atoms with van der Waals surface area (Å²) in [5.41, 5.74) is 7.46. The fraction of sp³-hybridized carbons (Fsp3) is 0.0333. The predicted octanol–water partition coefficient (Wildman–Crippen LogP) is 5.52. The molecule has 0 unspecified atom stereocenters. The van der Waals surface area contributed by atoms with Crippen molar-refractivity contribution < 1.29 is 0 Å². The molecule has 1 nitrogen and oxygen atoms in total. The van der Waals surface area contributed by atoms with E-state index < -0.39 is 7.92 Å². The van der Waals surface area contributed by atoms with Gasteiger partial charge in [-0.15, -0.1) is 0 Å². The van der Waals surface area contributed by atoms with E-state index in [-0.39, 0.29) is 5.41 Å². The molecule has 150 valence electrons. The number of fused-ring (bicyclic) bond motifs is 9. The minimum Gasteiger partial charge on any atom is -0.256 e. The van der Waals surface area contributed by atoms with E-state index in [4.69, 9.17) is 4.98 Å². The minimum absolute atomic E-state index is 0.332. The van der Waals surface area contributed by atoms with E-state index >= 15 is 0 Å². The van der Waals surface area contributed by atoms with Crippen molar-refractivity contribution in [3.8, 4) is 11.3 Å². The van der Waals surface area contributed by atoms with Gasteiger partial charge in [0.25, 0.3) is 0 Å². The van der Waals surface area contributed by atoms with Crippen LogP contribution in [-0.2, 0) is 5.41 Å². The zero-order valence-corrected chi connectivity index (χ0v) is 18.3. The Morgan fingerprint density at radius 1 is 0.500 bits per heavy atom. The summed E-state index contributed by atoms with van der Waals surface area (Å²) in [7, 11) is -0.640. The van der Waals surface area contributed by atoms with Crippen molar-refractivity contribution in [1.82, 2.24) is 4.98 Å². The summed E-state index contributed by atoms with van der Waals surface area (Å²) < 4.78 is 0. The lowest BCUT2D eigenvalue weighted by Gasteiger charge is -2.43. The second kappa shape index (κ2) is 6.73. The van der Waals surface area contributed by atoms with Gasteiger partial charge in [-0.05, 0) is 52.2 Å². The molecule has 0 amide bonds. The third-order valence-corrected chi connectivity index (χ3v) is 9.47. The Labute approximate surface area is 189 Å². The molecule has 2 aliphatic rings. The average Bonchev–Trinajstić information content (AvgIpc) is 3.16. The number of hydrogen-bond donors (Lipinski definition) is 0. The molecule has 0 atom stereocenters. The Morgan fingerprint density at radius 2 is 1.06 bits per heavy atom. The predicted molar refractivity (Wildman–Crippen MR) is 134 cm³/mol. The molecule has 0 N–H and O–H groups in total. The topological polar surface area (TPSA) is 12.9 Å². The van der Waals surface area contributed by atoms with Crippen LogP contribution in [0, 0.1) is 0 Å². The first-order chi connectivity index (χ1) is 15.9. The molecule has 7 rings (SSSR count). The Bertz CT molecular complexity index is 1390. The van der Waals surface area contributed by atoms with E-state index in [0.717, 1.165) is 5.69 Å². The first kappa shape index (κ1) is 18.1. The van der Waals surface area contributed by atoms with E-state index in [9.17, 15) is 0 Å². The molecule has 1 aromatic heterocycles. The van der Waals surface area contributed by atoms with E-state index in [1.54, 1.807) is 0 Å². The van der Waals surface area contributed by atoms with Crippen molar-refractivity contribution in [2.45, 2.75) is 5.41 Å². The molecular formula is C30H20NP. The lowest BCUT2D eigenvalue weighted by molar-refractivity contribution is 0.774. The van der Waals surface area contributed by atoms with Crippen LogP contribution in [0.25, 0.3) is 11.3 Å². The SMILES string of the molecule is c1ccc(P2c3ccccc3C3(c4ccccc4-c4ncccc43)c3ccccc32)cc1. The molecule has 0 bridgehead atoms. The van der Waals surface area contributed by atoms with Crippen molar-refractivity contribution in [2.75, 3.05) is 0 Å². The third kappa shape index (κ3) is 2.19. The van der Waals surface area contributed by atoms with Gasteiger partial charge in [0.2, 0.25) is 0 Å². The normalized spacial score (nSPS) is 19.7. The first-order valence-electron chi connectivity index (χ1n) is 11.0. The lowest BCUT2D eigenvalue weighted by atomic mass is 9.67. The van der Waals surface area contributed by atoms with E-state index in [1.165, 1.54) is 43.7 Å². The molecule has 0 fully saturated rings. The highest BCUT2D eigenvalue weighted by Crippen LogP contribution is 2.59. The molecule has 1 spiro atoms. The summed E-state index contributed by atoms with van der Waals surface area (Å²) in [4.78, 5) is 4.88. The number of rotatable bonds is 1. The highest BCUT2D eigenvalue weighted by Gasteiger charge is 2.52. The Balaban J connectivity index is 1.67. The van der Waals surface area contributed by atoms with Crippen LogP contribution in [0.3, 0.4) is 0 Å². The highest BCUT2D eigenvalue weighted by atomic mass is 31.1. The molecule has 2 heteroatoms. The molecule has 32 heavy (non-hydrogen) atoms. The smallest absolute Gasteiger partial charge is 0.0753 e. The largest absolute Gasteiger partial charge is 0.256 e.